The van der Waals surface area contributed by atoms with E-state index in [1.807, 2.05) is 22.2 Å². The van der Waals surface area contributed by atoms with Crippen molar-refractivity contribution in [1.82, 2.24) is 24.5 Å². The summed E-state index contributed by atoms with van der Waals surface area (Å²) in [5.41, 5.74) is 0.617. The first kappa shape index (κ1) is 17.9. The Balaban J connectivity index is 0.00000192. The largest absolute Gasteiger partial charge is 0.339 e. The summed E-state index contributed by atoms with van der Waals surface area (Å²) < 4.78 is 1.53. The number of hydrogen-bond acceptors (Lipinski definition) is 6. The zero-order valence-electron chi connectivity index (χ0n) is 12.9. The Kier molecular flexibility index (Phi) is 6.11. The van der Waals surface area contributed by atoms with Gasteiger partial charge >= 0.3 is 0 Å². The maximum Gasteiger partial charge on any atom is 0.258 e. The molecule has 7 nitrogen and oxygen atoms in total. The Morgan fingerprint density at radius 2 is 2.17 bits per heavy atom. The van der Waals surface area contributed by atoms with Crippen LogP contribution in [0.2, 0.25) is 0 Å². The van der Waals surface area contributed by atoms with E-state index in [1.165, 1.54) is 21.8 Å². The highest BCUT2D eigenvalue weighted by atomic mass is 35.5. The Hall–Kier alpha value is -1.48. The van der Waals surface area contributed by atoms with E-state index in [9.17, 15) is 9.59 Å². The molecule has 2 aromatic heterocycles. The maximum atomic E-state index is 12.2. The average Bonchev–Trinajstić information content (AvgIpc) is 2.97. The maximum absolute atomic E-state index is 12.2. The summed E-state index contributed by atoms with van der Waals surface area (Å²) in [4.78, 5) is 33.1. The van der Waals surface area contributed by atoms with E-state index in [2.05, 4.69) is 10.3 Å². The van der Waals surface area contributed by atoms with Crippen molar-refractivity contribution >= 4 is 34.6 Å². The molecule has 0 radical (unpaired) electrons. The molecule has 3 heterocycles. The zero-order valence-corrected chi connectivity index (χ0v) is 14.5. The third kappa shape index (κ3) is 4.29. The molecular formula is C14H20ClN5O2S. The molecule has 0 atom stereocenters. The molecule has 1 aliphatic rings. The quantitative estimate of drug-likeness (QED) is 0.836. The summed E-state index contributed by atoms with van der Waals surface area (Å²) in [5.74, 6) is 0.123. The van der Waals surface area contributed by atoms with Gasteiger partial charge in [0.1, 0.15) is 0 Å². The van der Waals surface area contributed by atoms with Crippen molar-refractivity contribution in [3.8, 4) is 0 Å². The third-order valence-electron chi connectivity index (χ3n) is 3.66. The van der Waals surface area contributed by atoms with Crippen molar-refractivity contribution in [2.24, 2.45) is 0 Å². The van der Waals surface area contributed by atoms with Gasteiger partial charge in [-0.2, -0.15) is 0 Å². The lowest BCUT2D eigenvalue weighted by molar-refractivity contribution is -0.132. The Morgan fingerprint density at radius 3 is 2.91 bits per heavy atom. The zero-order chi connectivity index (χ0) is 15.5. The van der Waals surface area contributed by atoms with Crippen LogP contribution in [0.15, 0.2) is 22.4 Å². The summed E-state index contributed by atoms with van der Waals surface area (Å²) in [5, 5.41) is 5.07. The van der Waals surface area contributed by atoms with Crippen LogP contribution in [0.25, 0.3) is 4.96 Å². The number of rotatable bonds is 4. The van der Waals surface area contributed by atoms with Crippen molar-refractivity contribution in [1.29, 1.82) is 0 Å². The Labute approximate surface area is 144 Å². The van der Waals surface area contributed by atoms with Gasteiger partial charge in [0.15, 0.2) is 4.96 Å². The molecule has 1 saturated heterocycles. The fourth-order valence-corrected chi connectivity index (χ4v) is 3.29. The number of likely N-dealkylation sites (N-methyl/N-ethyl adjacent to an activating group) is 1. The number of hydrogen-bond donors (Lipinski definition) is 1. The molecule has 1 N–H and O–H groups in total. The van der Waals surface area contributed by atoms with Crippen molar-refractivity contribution in [3.63, 3.8) is 0 Å². The van der Waals surface area contributed by atoms with E-state index in [1.54, 1.807) is 6.20 Å². The summed E-state index contributed by atoms with van der Waals surface area (Å²) in [6, 6.07) is 1.53. The van der Waals surface area contributed by atoms with E-state index in [4.69, 9.17) is 0 Å². The first-order valence-corrected chi connectivity index (χ1v) is 8.14. The van der Waals surface area contributed by atoms with Gasteiger partial charge in [-0.3, -0.25) is 18.9 Å². The third-order valence-corrected chi connectivity index (χ3v) is 4.42. The molecule has 0 bridgehead atoms. The molecule has 9 heteroatoms. The first-order chi connectivity index (χ1) is 10.6. The normalized spacial score (nSPS) is 15.0. The predicted octanol–water partition coefficient (Wildman–Crippen LogP) is 0.0414. The van der Waals surface area contributed by atoms with Gasteiger partial charge in [-0.1, -0.05) is 0 Å². The molecule has 1 amide bonds. The predicted molar refractivity (Wildman–Crippen MR) is 92.4 cm³/mol. The van der Waals surface area contributed by atoms with Crippen LogP contribution in [0, 0.1) is 0 Å². The second-order valence-corrected chi connectivity index (χ2v) is 6.32. The molecule has 0 spiro atoms. The molecule has 1 aliphatic heterocycles. The van der Waals surface area contributed by atoms with Gasteiger partial charge in [-0.15, -0.1) is 23.7 Å². The number of fused-ring (bicyclic) bond motifs is 1. The van der Waals surface area contributed by atoms with Crippen LogP contribution < -0.4 is 10.9 Å². The summed E-state index contributed by atoms with van der Waals surface area (Å²) in [6.07, 6.45) is 1.72. The number of piperazine rings is 1. The topological polar surface area (TPSA) is 70.0 Å². The monoisotopic (exact) mass is 357 g/mol. The number of amides is 1. The number of nitrogens with one attached hydrogen (secondary N) is 1. The minimum atomic E-state index is -0.0805. The Bertz CT molecular complexity index is 725. The van der Waals surface area contributed by atoms with Crippen LogP contribution in [0.3, 0.4) is 0 Å². The van der Waals surface area contributed by atoms with Crippen LogP contribution in [0.4, 0.5) is 0 Å². The Morgan fingerprint density at radius 1 is 1.43 bits per heavy atom. The smallest absolute Gasteiger partial charge is 0.258 e. The van der Waals surface area contributed by atoms with Gasteiger partial charge < -0.3 is 10.2 Å². The SMILES string of the molecule is CN(CC(=O)N1CCNCC1)Cc1cc(=O)n2ccsc2n1.Cl. The van der Waals surface area contributed by atoms with Gasteiger partial charge in [0, 0.05) is 50.4 Å². The van der Waals surface area contributed by atoms with Crippen LogP contribution in [-0.2, 0) is 11.3 Å². The number of carbonyl (C=O) groups is 1. The highest BCUT2D eigenvalue weighted by Gasteiger charge is 2.18. The lowest BCUT2D eigenvalue weighted by atomic mass is 10.3. The molecule has 2 aromatic rings. The van der Waals surface area contributed by atoms with E-state index < -0.39 is 0 Å². The number of aromatic nitrogens is 2. The minimum Gasteiger partial charge on any atom is -0.339 e. The second-order valence-electron chi connectivity index (χ2n) is 5.44. The molecular weight excluding hydrogens is 338 g/mol. The van der Waals surface area contributed by atoms with Gasteiger partial charge in [0.25, 0.3) is 5.56 Å². The van der Waals surface area contributed by atoms with Gasteiger partial charge in [0.05, 0.1) is 12.2 Å². The second kappa shape index (κ2) is 7.87. The summed E-state index contributed by atoms with van der Waals surface area (Å²) in [6.45, 7) is 4.04. The minimum absolute atomic E-state index is 0. The van der Waals surface area contributed by atoms with Crippen molar-refractivity contribution < 1.29 is 4.79 Å². The number of carbonyl (C=O) groups excluding carboxylic acids is 1. The summed E-state index contributed by atoms with van der Waals surface area (Å²) >= 11 is 1.43. The van der Waals surface area contributed by atoms with Crippen LogP contribution in [-0.4, -0.2) is 64.9 Å². The molecule has 0 aliphatic carbocycles. The van der Waals surface area contributed by atoms with Gasteiger partial charge in [0.2, 0.25) is 5.91 Å². The lowest BCUT2D eigenvalue weighted by Gasteiger charge is -2.29. The van der Waals surface area contributed by atoms with E-state index >= 15 is 0 Å². The fourth-order valence-electron chi connectivity index (χ4n) is 2.55. The molecule has 0 aromatic carbocycles. The van der Waals surface area contributed by atoms with Crippen LogP contribution >= 0.6 is 23.7 Å². The van der Waals surface area contributed by atoms with Crippen LogP contribution in [0.1, 0.15) is 5.69 Å². The molecule has 23 heavy (non-hydrogen) atoms. The number of halogens is 1. The van der Waals surface area contributed by atoms with Crippen molar-refractivity contribution in [2.45, 2.75) is 6.54 Å². The first-order valence-electron chi connectivity index (χ1n) is 7.26. The highest BCUT2D eigenvalue weighted by molar-refractivity contribution is 7.15. The molecule has 1 fully saturated rings. The van der Waals surface area contributed by atoms with E-state index in [0.29, 0.717) is 23.7 Å². The van der Waals surface area contributed by atoms with Gasteiger partial charge in [-0.25, -0.2) is 4.98 Å². The van der Waals surface area contributed by atoms with E-state index in [-0.39, 0.29) is 23.9 Å². The lowest BCUT2D eigenvalue weighted by Crippen LogP contribution is -2.49. The molecule has 126 valence electrons. The van der Waals surface area contributed by atoms with Crippen molar-refractivity contribution in [2.75, 3.05) is 39.8 Å². The van der Waals surface area contributed by atoms with Crippen molar-refractivity contribution in [3.05, 3.63) is 33.7 Å². The number of thiazole rings is 1. The fraction of sp³-hybridized carbons (Fsp3) is 0.500. The summed E-state index contributed by atoms with van der Waals surface area (Å²) in [7, 11) is 1.87. The molecule has 3 rings (SSSR count). The van der Waals surface area contributed by atoms with E-state index in [0.717, 1.165) is 26.2 Å². The van der Waals surface area contributed by atoms with Crippen LogP contribution in [0.5, 0.6) is 0 Å². The molecule has 0 unspecified atom stereocenters. The highest BCUT2D eigenvalue weighted by Crippen LogP contribution is 2.08. The number of nitrogens with zero attached hydrogens (tertiary/aromatic N) is 4. The molecule has 0 saturated carbocycles. The van der Waals surface area contributed by atoms with Gasteiger partial charge in [-0.05, 0) is 7.05 Å². The standard InChI is InChI=1S/C14H19N5O2S.ClH/c1-17(10-13(21)18-4-2-15-3-5-18)9-11-8-12(20)19-6-7-22-14(19)16-11;/h6-8,15H,2-5,9-10H2,1H3;1H. The average molecular weight is 358 g/mol.